The van der Waals surface area contributed by atoms with Crippen LogP contribution in [0.1, 0.15) is 23.0 Å². The van der Waals surface area contributed by atoms with Gasteiger partial charge in [0.25, 0.3) is 17.5 Å². The summed E-state index contributed by atoms with van der Waals surface area (Å²) >= 11 is 0. The van der Waals surface area contributed by atoms with Crippen molar-refractivity contribution < 1.29 is 18.9 Å². The summed E-state index contributed by atoms with van der Waals surface area (Å²) in [6.45, 7) is 1.63. The second-order valence-electron chi connectivity index (χ2n) is 6.54. The van der Waals surface area contributed by atoms with E-state index in [-0.39, 0.29) is 11.3 Å². The molecule has 4 rings (SSSR count). The summed E-state index contributed by atoms with van der Waals surface area (Å²) in [6.07, 6.45) is 1.50. The zero-order valence-electron chi connectivity index (χ0n) is 15.8. The van der Waals surface area contributed by atoms with Crippen LogP contribution in [0.5, 0.6) is 0 Å². The molecule has 0 spiro atoms. The van der Waals surface area contributed by atoms with Gasteiger partial charge < -0.3 is 4.42 Å². The van der Waals surface area contributed by atoms with Gasteiger partial charge in [0.15, 0.2) is 0 Å². The highest BCUT2D eigenvalue weighted by Gasteiger charge is 2.33. The molecule has 2 aromatic carbocycles. The quantitative estimate of drug-likeness (QED) is 0.280. The molecule has 30 heavy (non-hydrogen) atoms. The maximum Gasteiger partial charge on any atom is 0.283 e. The van der Waals surface area contributed by atoms with Crippen molar-refractivity contribution in [3.05, 3.63) is 93.7 Å². The number of furan rings is 1. The van der Waals surface area contributed by atoms with E-state index >= 15 is 0 Å². The number of nitro groups is 1. The van der Waals surface area contributed by atoms with Crippen molar-refractivity contribution in [1.29, 1.82) is 0 Å². The molecule has 8 heteroatoms. The Morgan fingerprint density at radius 1 is 1.10 bits per heavy atom. The van der Waals surface area contributed by atoms with E-state index in [4.69, 9.17) is 4.42 Å². The van der Waals surface area contributed by atoms with Crippen LogP contribution in [0.15, 0.2) is 81.8 Å². The minimum absolute atomic E-state index is 0.0483. The van der Waals surface area contributed by atoms with Crippen molar-refractivity contribution in [1.82, 2.24) is 5.01 Å². The number of hydrogen-bond acceptors (Lipinski definition) is 6. The lowest BCUT2D eigenvalue weighted by Gasteiger charge is -2.09. The van der Waals surface area contributed by atoms with E-state index in [1.54, 1.807) is 61.5 Å². The minimum Gasteiger partial charge on any atom is -0.457 e. The molecule has 0 aliphatic carbocycles. The summed E-state index contributed by atoms with van der Waals surface area (Å²) in [4.78, 5) is 35.8. The van der Waals surface area contributed by atoms with Crippen LogP contribution in [-0.2, 0) is 4.79 Å². The molecule has 148 valence electrons. The van der Waals surface area contributed by atoms with Crippen LogP contribution in [0.3, 0.4) is 0 Å². The third kappa shape index (κ3) is 3.53. The predicted molar refractivity (Wildman–Crippen MR) is 110 cm³/mol. The fraction of sp³-hybridized carbons (Fsp3) is 0.0455. The Morgan fingerprint density at radius 3 is 2.60 bits per heavy atom. The molecule has 0 radical (unpaired) electrons. The Balaban J connectivity index is 1.60. The molecule has 0 fully saturated rings. The van der Waals surface area contributed by atoms with E-state index in [0.717, 1.165) is 5.01 Å². The highest BCUT2D eigenvalue weighted by Crippen LogP contribution is 2.28. The Morgan fingerprint density at radius 2 is 1.87 bits per heavy atom. The van der Waals surface area contributed by atoms with Crippen molar-refractivity contribution in [2.75, 3.05) is 0 Å². The van der Waals surface area contributed by atoms with Gasteiger partial charge in [0, 0.05) is 23.3 Å². The first kappa shape index (κ1) is 19.0. The van der Waals surface area contributed by atoms with Crippen LogP contribution in [-0.4, -0.2) is 27.5 Å². The number of benzene rings is 2. The summed E-state index contributed by atoms with van der Waals surface area (Å²) < 4.78 is 5.73. The number of rotatable bonds is 4. The second-order valence-corrected chi connectivity index (χ2v) is 6.54. The van der Waals surface area contributed by atoms with Gasteiger partial charge in [0.1, 0.15) is 11.5 Å². The lowest BCUT2D eigenvalue weighted by atomic mass is 10.1. The van der Waals surface area contributed by atoms with E-state index < -0.39 is 16.7 Å². The summed E-state index contributed by atoms with van der Waals surface area (Å²) in [6, 6.07) is 17.8. The number of amides is 2. The average Bonchev–Trinajstić information content (AvgIpc) is 3.34. The lowest BCUT2D eigenvalue weighted by Crippen LogP contribution is -2.29. The van der Waals surface area contributed by atoms with E-state index in [1.807, 2.05) is 0 Å². The van der Waals surface area contributed by atoms with Crippen LogP contribution in [0.4, 0.5) is 5.69 Å². The third-order valence-corrected chi connectivity index (χ3v) is 4.53. The number of hydrazone groups is 1. The summed E-state index contributed by atoms with van der Waals surface area (Å²) in [5.41, 5.74) is 1.47. The molecule has 0 saturated carbocycles. The van der Waals surface area contributed by atoms with Crippen LogP contribution in [0, 0.1) is 10.1 Å². The third-order valence-electron chi connectivity index (χ3n) is 4.53. The molecule has 0 N–H and O–H groups in total. The molecule has 3 aromatic rings. The topological polar surface area (TPSA) is 106 Å². The van der Waals surface area contributed by atoms with Crippen molar-refractivity contribution in [2.45, 2.75) is 6.92 Å². The van der Waals surface area contributed by atoms with Crippen LogP contribution < -0.4 is 0 Å². The molecular weight excluding hydrogens is 386 g/mol. The van der Waals surface area contributed by atoms with Gasteiger partial charge in [-0.3, -0.25) is 19.7 Å². The first-order chi connectivity index (χ1) is 14.4. The number of carbonyl (C=O) groups is 2. The maximum absolute atomic E-state index is 12.7. The van der Waals surface area contributed by atoms with Gasteiger partial charge in [-0.15, -0.1) is 0 Å². The van der Waals surface area contributed by atoms with E-state index in [2.05, 4.69) is 5.10 Å². The number of carbonyl (C=O) groups excluding carboxylic acids is 2. The summed E-state index contributed by atoms with van der Waals surface area (Å²) in [5, 5.41) is 15.9. The monoisotopic (exact) mass is 401 g/mol. The fourth-order valence-electron chi connectivity index (χ4n) is 3.03. The fourth-order valence-corrected chi connectivity index (χ4v) is 3.03. The number of imide groups is 1. The molecule has 0 unspecified atom stereocenters. The van der Waals surface area contributed by atoms with Gasteiger partial charge in [0.05, 0.1) is 16.2 Å². The van der Waals surface area contributed by atoms with Crippen LogP contribution >= 0.6 is 0 Å². The van der Waals surface area contributed by atoms with E-state index in [9.17, 15) is 19.7 Å². The van der Waals surface area contributed by atoms with Gasteiger partial charge in [0.2, 0.25) is 0 Å². The van der Waals surface area contributed by atoms with Crippen LogP contribution in [0.2, 0.25) is 0 Å². The Bertz CT molecular complexity index is 1220. The number of nitro benzene ring substituents is 1. The molecular formula is C22H15N3O5. The minimum atomic E-state index is -0.547. The zero-order valence-corrected chi connectivity index (χ0v) is 15.8. The molecule has 1 aromatic heterocycles. The summed E-state index contributed by atoms with van der Waals surface area (Å²) in [5.74, 6) is -0.277. The zero-order chi connectivity index (χ0) is 21.3. The smallest absolute Gasteiger partial charge is 0.283 e. The Hall–Kier alpha value is -4.33. The van der Waals surface area contributed by atoms with Crippen LogP contribution in [0.25, 0.3) is 17.4 Å². The SMILES string of the molecule is CC1=NN(C(=O)c2ccccc2)C(=O)C1=Cc1ccc(-c2cccc([N+](=O)[O-])c2)o1. The molecule has 8 nitrogen and oxygen atoms in total. The predicted octanol–water partition coefficient (Wildman–Crippen LogP) is 4.30. The van der Waals surface area contributed by atoms with E-state index in [0.29, 0.717) is 28.4 Å². The van der Waals surface area contributed by atoms with Gasteiger partial charge >= 0.3 is 0 Å². The second kappa shape index (κ2) is 7.59. The Kier molecular flexibility index (Phi) is 4.81. The molecule has 0 atom stereocenters. The molecule has 0 bridgehead atoms. The first-order valence-electron chi connectivity index (χ1n) is 9.00. The lowest BCUT2D eigenvalue weighted by molar-refractivity contribution is -0.384. The largest absolute Gasteiger partial charge is 0.457 e. The van der Waals surface area contributed by atoms with Crippen molar-refractivity contribution in [3.8, 4) is 11.3 Å². The van der Waals surface area contributed by atoms with Crippen molar-refractivity contribution in [2.24, 2.45) is 5.10 Å². The van der Waals surface area contributed by atoms with Gasteiger partial charge in [-0.05, 0) is 37.3 Å². The Labute approximate surface area is 170 Å². The highest BCUT2D eigenvalue weighted by molar-refractivity contribution is 6.30. The van der Waals surface area contributed by atoms with Gasteiger partial charge in [-0.2, -0.15) is 10.1 Å². The summed E-state index contributed by atoms with van der Waals surface area (Å²) in [7, 11) is 0. The van der Waals surface area contributed by atoms with E-state index in [1.165, 1.54) is 18.2 Å². The average molecular weight is 401 g/mol. The number of non-ortho nitro benzene ring substituents is 1. The van der Waals surface area contributed by atoms with Crippen molar-refractivity contribution in [3.63, 3.8) is 0 Å². The number of nitrogens with zero attached hydrogens (tertiary/aromatic N) is 3. The van der Waals surface area contributed by atoms with Gasteiger partial charge in [-0.1, -0.05) is 30.3 Å². The number of hydrogen-bond donors (Lipinski definition) is 0. The first-order valence-corrected chi connectivity index (χ1v) is 9.00. The highest BCUT2D eigenvalue weighted by atomic mass is 16.6. The molecule has 0 saturated heterocycles. The van der Waals surface area contributed by atoms with Crippen molar-refractivity contribution >= 4 is 29.3 Å². The normalized spacial score (nSPS) is 14.8. The molecule has 1 aliphatic rings. The molecule has 2 amide bonds. The molecule has 1 aliphatic heterocycles. The van der Waals surface area contributed by atoms with Gasteiger partial charge in [-0.25, -0.2) is 0 Å². The standard InChI is InChI=1S/C22H15N3O5/c1-14-19(22(27)24(23-14)21(26)15-6-3-2-4-7-15)13-18-10-11-20(30-18)16-8-5-9-17(12-16)25(28)29/h2-13H,1H3. The maximum atomic E-state index is 12.7. The molecule has 2 heterocycles.